The quantitative estimate of drug-likeness (QED) is 0.583. The van der Waals surface area contributed by atoms with Crippen molar-refractivity contribution in [3.8, 4) is 0 Å². The minimum Gasteiger partial charge on any atom is -0.0840 e. The molecule has 0 unspecified atom stereocenters. The van der Waals surface area contributed by atoms with E-state index in [4.69, 9.17) is 11.6 Å². The summed E-state index contributed by atoms with van der Waals surface area (Å²) in [6.07, 6.45) is 13.9. The van der Waals surface area contributed by atoms with E-state index in [0.717, 1.165) is 16.9 Å². The van der Waals surface area contributed by atoms with E-state index in [-0.39, 0.29) is 0 Å². The number of halogens is 1. The van der Waals surface area contributed by atoms with Crippen molar-refractivity contribution in [1.29, 1.82) is 0 Å². The van der Waals surface area contributed by atoms with Crippen molar-refractivity contribution in [2.24, 2.45) is 0 Å². The Bertz CT molecular complexity index is 412. The molecule has 1 heteroatoms. The molecule has 1 aromatic carbocycles. The summed E-state index contributed by atoms with van der Waals surface area (Å²) >= 11 is 6.47. The van der Waals surface area contributed by atoms with Crippen LogP contribution < -0.4 is 0 Å². The fraction of sp³-hybridized carbons (Fsp3) is 0.667. The Morgan fingerprint density at radius 2 is 1.32 bits per heavy atom. The van der Waals surface area contributed by atoms with Crippen molar-refractivity contribution in [1.82, 2.24) is 0 Å². The zero-order valence-corrected chi connectivity index (χ0v) is 12.6. The molecule has 0 bridgehead atoms. The van der Waals surface area contributed by atoms with Crippen LogP contribution in [0.4, 0.5) is 0 Å². The Morgan fingerprint density at radius 1 is 0.737 bits per heavy atom. The molecule has 104 valence electrons. The molecule has 0 atom stereocenters. The molecule has 2 aliphatic carbocycles. The maximum absolute atomic E-state index is 6.47. The molecule has 0 saturated heterocycles. The van der Waals surface area contributed by atoms with E-state index >= 15 is 0 Å². The van der Waals surface area contributed by atoms with Crippen molar-refractivity contribution in [3.63, 3.8) is 0 Å². The van der Waals surface area contributed by atoms with E-state index in [1.165, 1.54) is 69.8 Å². The molecule has 2 aliphatic rings. The van der Waals surface area contributed by atoms with Crippen molar-refractivity contribution in [2.75, 3.05) is 0 Å². The third kappa shape index (κ3) is 3.16. The first-order valence-electron chi connectivity index (χ1n) is 8.14. The van der Waals surface area contributed by atoms with Gasteiger partial charge in [-0.2, -0.15) is 0 Å². The summed E-state index contributed by atoms with van der Waals surface area (Å²) in [5, 5.41) is 1.01. The molecule has 0 heterocycles. The highest BCUT2D eigenvalue weighted by Crippen LogP contribution is 2.39. The van der Waals surface area contributed by atoms with Gasteiger partial charge in [0.2, 0.25) is 0 Å². The van der Waals surface area contributed by atoms with E-state index in [2.05, 4.69) is 18.2 Å². The molecular weight excluding hydrogens is 252 g/mol. The lowest BCUT2D eigenvalue weighted by Crippen LogP contribution is -2.08. The predicted octanol–water partition coefficient (Wildman–Crippen LogP) is 6.44. The summed E-state index contributed by atoms with van der Waals surface area (Å²) in [4.78, 5) is 0. The highest BCUT2D eigenvalue weighted by molar-refractivity contribution is 6.31. The van der Waals surface area contributed by atoms with Gasteiger partial charge < -0.3 is 0 Å². The van der Waals surface area contributed by atoms with Crippen molar-refractivity contribution < 1.29 is 0 Å². The van der Waals surface area contributed by atoms with Gasteiger partial charge in [0.15, 0.2) is 0 Å². The van der Waals surface area contributed by atoms with Crippen LogP contribution in [-0.4, -0.2) is 0 Å². The Balaban J connectivity index is 1.82. The number of hydrogen-bond donors (Lipinski definition) is 0. The Kier molecular flexibility index (Phi) is 4.48. The summed E-state index contributed by atoms with van der Waals surface area (Å²) in [6, 6.07) is 6.90. The highest BCUT2D eigenvalue weighted by atomic mass is 35.5. The average molecular weight is 277 g/mol. The van der Waals surface area contributed by atoms with E-state index in [9.17, 15) is 0 Å². The first kappa shape index (κ1) is 13.5. The van der Waals surface area contributed by atoms with Crippen molar-refractivity contribution in [3.05, 3.63) is 34.3 Å². The average Bonchev–Trinajstić information content (AvgIpc) is 2.49. The molecular formula is C18H25Cl. The molecule has 0 amide bonds. The van der Waals surface area contributed by atoms with E-state index < -0.39 is 0 Å². The second-order valence-corrected chi connectivity index (χ2v) is 6.86. The van der Waals surface area contributed by atoms with Gasteiger partial charge in [-0.15, -0.1) is 0 Å². The molecule has 0 aromatic heterocycles. The minimum atomic E-state index is 0.727. The molecule has 0 N–H and O–H groups in total. The van der Waals surface area contributed by atoms with Crippen LogP contribution >= 0.6 is 11.6 Å². The number of hydrogen-bond acceptors (Lipinski definition) is 0. The van der Waals surface area contributed by atoms with Crippen LogP contribution in [0.15, 0.2) is 18.2 Å². The lowest BCUT2D eigenvalue weighted by molar-refractivity contribution is 0.435. The Labute approximate surface area is 122 Å². The van der Waals surface area contributed by atoms with Gasteiger partial charge in [-0.1, -0.05) is 62.3 Å². The molecule has 1 aromatic rings. The van der Waals surface area contributed by atoms with Gasteiger partial charge in [-0.05, 0) is 54.7 Å². The standard InChI is InChI=1S/C18H25Cl/c19-18-12-11-16(14-7-3-1-4-8-14)13-17(18)15-9-5-2-6-10-15/h11-15H,1-10H2. The summed E-state index contributed by atoms with van der Waals surface area (Å²) in [5.41, 5.74) is 3.01. The molecule has 2 saturated carbocycles. The fourth-order valence-electron chi connectivity index (χ4n) is 3.98. The molecule has 0 aliphatic heterocycles. The van der Waals surface area contributed by atoms with Gasteiger partial charge in [0.25, 0.3) is 0 Å². The lowest BCUT2D eigenvalue weighted by Gasteiger charge is -2.26. The topological polar surface area (TPSA) is 0 Å². The lowest BCUT2D eigenvalue weighted by atomic mass is 9.80. The highest BCUT2D eigenvalue weighted by Gasteiger charge is 2.21. The largest absolute Gasteiger partial charge is 0.0840 e. The Hall–Kier alpha value is -0.490. The smallest absolute Gasteiger partial charge is 0.0441 e. The molecule has 2 fully saturated rings. The summed E-state index contributed by atoms with van der Waals surface area (Å²) in [7, 11) is 0. The van der Waals surface area contributed by atoms with Crippen molar-refractivity contribution >= 4 is 11.6 Å². The number of benzene rings is 1. The molecule has 3 rings (SSSR count). The van der Waals surface area contributed by atoms with Gasteiger partial charge in [-0.25, -0.2) is 0 Å². The zero-order valence-electron chi connectivity index (χ0n) is 11.8. The normalized spacial score (nSPS) is 22.6. The predicted molar refractivity (Wildman–Crippen MR) is 83.1 cm³/mol. The van der Waals surface area contributed by atoms with E-state index in [1.807, 2.05) is 0 Å². The second kappa shape index (κ2) is 6.31. The molecule has 0 radical (unpaired) electrons. The van der Waals surface area contributed by atoms with Gasteiger partial charge in [0, 0.05) is 5.02 Å². The molecule has 0 spiro atoms. The third-order valence-corrected chi connectivity index (χ3v) is 5.49. The molecule has 19 heavy (non-hydrogen) atoms. The summed E-state index contributed by atoms with van der Waals surface area (Å²) < 4.78 is 0. The summed E-state index contributed by atoms with van der Waals surface area (Å²) in [5.74, 6) is 1.53. The van der Waals surface area contributed by atoms with Crippen LogP contribution in [-0.2, 0) is 0 Å². The monoisotopic (exact) mass is 276 g/mol. The van der Waals surface area contributed by atoms with Crippen LogP contribution in [0.2, 0.25) is 5.02 Å². The van der Waals surface area contributed by atoms with Crippen LogP contribution in [0.3, 0.4) is 0 Å². The Morgan fingerprint density at radius 3 is 1.95 bits per heavy atom. The maximum Gasteiger partial charge on any atom is 0.0441 e. The first-order valence-corrected chi connectivity index (χ1v) is 8.52. The molecule has 0 nitrogen and oxygen atoms in total. The van der Waals surface area contributed by atoms with Crippen LogP contribution in [0.25, 0.3) is 0 Å². The zero-order chi connectivity index (χ0) is 13.1. The minimum absolute atomic E-state index is 0.727. The van der Waals surface area contributed by atoms with Crippen LogP contribution in [0.5, 0.6) is 0 Å². The van der Waals surface area contributed by atoms with Gasteiger partial charge in [0.1, 0.15) is 0 Å². The second-order valence-electron chi connectivity index (χ2n) is 6.45. The van der Waals surface area contributed by atoms with Crippen LogP contribution in [0, 0.1) is 0 Å². The van der Waals surface area contributed by atoms with Gasteiger partial charge in [-0.3, -0.25) is 0 Å². The number of rotatable bonds is 2. The van der Waals surface area contributed by atoms with E-state index in [0.29, 0.717) is 0 Å². The third-order valence-electron chi connectivity index (χ3n) is 5.14. The maximum atomic E-state index is 6.47. The van der Waals surface area contributed by atoms with E-state index in [1.54, 1.807) is 5.56 Å². The summed E-state index contributed by atoms with van der Waals surface area (Å²) in [6.45, 7) is 0. The van der Waals surface area contributed by atoms with Crippen LogP contribution in [0.1, 0.15) is 87.2 Å². The van der Waals surface area contributed by atoms with Gasteiger partial charge >= 0.3 is 0 Å². The fourth-order valence-corrected chi connectivity index (χ4v) is 4.25. The SMILES string of the molecule is Clc1ccc(C2CCCCC2)cc1C1CCCCC1. The first-order chi connectivity index (χ1) is 9.34. The van der Waals surface area contributed by atoms with Crippen molar-refractivity contribution in [2.45, 2.75) is 76.0 Å². The van der Waals surface area contributed by atoms with Gasteiger partial charge in [0.05, 0.1) is 0 Å².